The van der Waals surface area contributed by atoms with Crippen LogP contribution in [0.2, 0.25) is 0 Å². The van der Waals surface area contributed by atoms with Gasteiger partial charge in [-0.15, -0.1) is 0 Å². The van der Waals surface area contributed by atoms with Crippen LogP contribution in [0.25, 0.3) is 0 Å². The van der Waals surface area contributed by atoms with E-state index in [4.69, 9.17) is 14.2 Å². The standard InChI is InChI=1S/C26H29FN4O4/c1-33-22-12-18(13-23(34-2)24(22)35-3)15-31-25(32)20-16-29(14-17-5-4-6-19(27)11-17)9-7-21(20)30-10-8-28-26(30)31/h4-6,11-13H,7-10,14-16H2,1-3H3. The molecule has 0 atom stereocenters. The lowest BCUT2D eigenvalue weighted by atomic mass is 10.00. The van der Waals surface area contributed by atoms with Crippen molar-refractivity contribution in [1.29, 1.82) is 0 Å². The summed E-state index contributed by atoms with van der Waals surface area (Å²) in [6, 6.07) is 10.3. The van der Waals surface area contributed by atoms with Gasteiger partial charge in [-0.05, 0) is 35.4 Å². The molecule has 0 saturated carbocycles. The van der Waals surface area contributed by atoms with Crippen molar-refractivity contribution in [2.24, 2.45) is 4.99 Å². The van der Waals surface area contributed by atoms with E-state index >= 15 is 0 Å². The number of aliphatic imine (C=N–C) groups is 1. The van der Waals surface area contributed by atoms with E-state index in [0.29, 0.717) is 49.4 Å². The van der Waals surface area contributed by atoms with Crippen LogP contribution in [0.3, 0.4) is 0 Å². The molecular weight excluding hydrogens is 451 g/mol. The summed E-state index contributed by atoms with van der Waals surface area (Å²) >= 11 is 0. The number of hydrogen-bond acceptors (Lipinski definition) is 7. The maximum absolute atomic E-state index is 13.8. The average Bonchev–Trinajstić information content (AvgIpc) is 3.36. The molecule has 0 radical (unpaired) electrons. The van der Waals surface area contributed by atoms with Crippen LogP contribution in [-0.2, 0) is 17.9 Å². The number of methoxy groups -OCH3 is 3. The number of amides is 1. The van der Waals surface area contributed by atoms with E-state index in [2.05, 4.69) is 14.8 Å². The molecule has 184 valence electrons. The van der Waals surface area contributed by atoms with Gasteiger partial charge in [0.25, 0.3) is 5.91 Å². The zero-order chi connectivity index (χ0) is 24.5. The summed E-state index contributed by atoms with van der Waals surface area (Å²) in [5.74, 6) is 1.98. The van der Waals surface area contributed by atoms with E-state index in [9.17, 15) is 9.18 Å². The molecule has 3 aliphatic heterocycles. The van der Waals surface area contributed by atoms with Crippen molar-refractivity contribution in [2.45, 2.75) is 19.5 Å². The number of ether oxygens (including phenoxy) is 3. The molecule has 2 aromatic carbocycles. The van der Waals surface area contributed by atoms with Gasteiger partial charge < -0.3 is 19.1 Å². The summed E-state index contributed by atoms with van der Waals surface area (Å²) in [5.41, 5.74) is 3.58. The van der Waals surface area contributed by atoms with E-state index < -0.39 is 0 Å². The Bertz CT molecular complexity index is 1190. The van der Waals surface area contributed by atoms with Gasteiger partial charge in [0.05, 0.1) is 40.0 Å². The minimum Gasteiger partial charge on any atom is -0.493 e. The summed E-state index contributed by atoms with van der Waals surface area (Å²) in [7, 11) is 4.70. The molecule has 0 spiro atoms. The number of halogens is 1. The van der Waals surface area contributed by atoms with Crippen molar-refractivity contribution in [3.63, 3.8) is 0 Å². The van der Waals surface area contributed by atoms with Crippen molar-refractivity contribution >= 4 is 11.9 Å². The van der Waals surface area contributed by atoms with Crippen molar-refractivity contribution in [2.75, 3.05) is 47.5 Å². The van der Waals surface area contributed by atoms with Gasteiger partial charge in [0.2, 0.25) is 11.7 Å². The Balaban J connectivity index is 1.42. The Morgan fingerprint density at radius 2 is 1.74 bits per heavy atom. The maximum Gasteiger partial charge on any atom is 0.259 e. The van der Waals surface area contributed by atoms with Gasteiger partial charge in [0, 0.05) is 38.3 Å². The minimum absolute atomic E-state index is 0.0467. The molecule has 9 heteroatoms. The zero-order valence-corrected chi connectivity index (χ0v) is 20.2. The summed E-state index contributed by atoms with van der Waals surface area (Å²) in [6.45, 7) is 3.65. The highest BCUT2D eigenvalue weighted by molar-refractivity contribution is 6.09. The van der Waals surface area contributed by atoms with Crippen LogP contribution in [0.15, 0.2) is 52.7 Å². The molecule has 3 heterocycles. The molecule has 35 heavy (non-hydrogen) atoms. The van der Waals surface area contributed by atoms with Gasteiger partial charge in [0.1, 0.15) is 5.82 Å². The second-order valence-corrected chi connectivity index (χ2v) is 8.77. The molecule has 0 aromatic heterocycles. The second-order valence-electron chi connectivity index (χ2n) is 8.77. The van der Waals surface area contributed by atoms with Crippen molar-refractivity contribution in [3.05, 3.63) is 64.6 Å². The molecule has 2 aromatic rings. The van der Waals surface area contributed by atoms with Crippen LogP contribution in [0.1, 0.15) is 17.5 Å². The van der Waals surface area contributed by atoms with Crippen LogP contribution in [-0.4, -0.2) is 74.1 Å². The van der Waals surface area contributed by atoms with Crippen molar-refractivity contribution in [3.8, 4) is 17.2 Å². The fraction of sp³-hybridized carbons (Fsp3) is 0.385. The summed E-state index contributed by atoms with van der Waals surface area (Å²) in [4.78, 5) is 24.5. The third-order valence-corrected chi connectivity index (χ3v) is 6.64. The van der Waals surface area contributed by atoms with Crippen LogP contribution in [0, 0.1) is 5.82 Å². The second kappa shape index (κ2) is 9.58. The number of carbonyl (C=O) groups is 1. The van der Waals surface area contributed by atoms with Gasteiger partial charge in [-0.1, -0.05) is 12.1 Å². The normalized spacial score (nSPS) is 17.8. The lowest BCUT2D eigenvalue weighted by Gasteiger charge is -2.42. The lowest BCUT2D eigenvalue weighted by Crippen LogP contribution is -2.53. The third-order valence-electron chi connectivity index (χ3n) is 6.64. The fourth-order valence-corrected chi connectivity index (χ4v) is 5.05. The Hall–Kier alpha value is -3.59. The molecule has 0 aliphatic carbocycles. The molecule has 5 rings (SSSR count). The fourth-order valence-electron chi connectivity index (χ4n) is 5.05. The van der Waals surface area contributed by atoms with Gasteiger partial charge in [-0.2, -0.15) is 0 Å². The summed E-state index contributed by atoms with van der Waals surface area (Å²) in [5, 5.41) is 0. The molecular formula is C26H29FN4O4. The quantitative estimate of drug-likeness (QED) is 0.607. The first-order chi connectivity index (χ1) is 17.0. The van der Waals surface area contributed by atoms with E-state index in [1.54, 1.807) is 38.4 Å². The number of hydrogen-bond donors (Lipinski definition) is 0. The zero-order valence-electron chi connectivity index (χ0n) is 20.2. The molecule has 1 amide bonds. The number of carbonyl (C=O) groups excluding carboxylic acids is 1. The Morgan fingerprint density at radius 3 is 2.43 bits per heavy atom. The predicted molar refractivity (Wildman–Crippen MR) is 129 cm³/mol. The van der Waals surface area contributed by atoms with Crippen LogP contribution in [0.5, 0.6) is 17.2 Å². The molecule has 0 unspecified atom stereocenters. The molecule has 8 nitrogen and oxygen atoms in total. The average molecular weight is 481 g/mol. The number of nitrogens with zero attached hydrogens (tertiary/aromatic N) is 4. The predicted octanol–water partition coefficient (Wildman–Crippen LogP) is 3.03. The highest BCUT2D eigenvalue weighted by Gasteiger charge is 2.41. The van der Waals surface area contributed by atoms with Crippen LogP contribution >= 0.6 is 0 Å². The van der Waals surface area contributed by atoms with Crippen LogP contribution in [0.4, 0.5) is 4.39 Å². The maximum atomic E-state index is 13.8. The molecule has 0 fully saturated rings. The third kappa shape index (κ3) is 4.32. The summed E-state index contributed by atoms with van der Waals surface area (Å²) < 4.78 is 30.1. The SMILES string of the molecule is COc1cc(CN2C(=O)C3=C(CCN(Cc4cccc(F)c4)C3)N3CCN=C23)cc(OC)c1OC. The van der Waals surface area contributed by atoms with Gasteiger partial charge in [-0.3, -0.25) is 19.6 Å². The van der Waals surface area contributed by atoms with Crippen LogP contribution < -0.4 is 14.2 Å². The number of rotatable bonds is 7. The van der Waals surface area contributed by atoms with Gasteiger partial charge in [0.15, 0.2) is 11.5 Å². The smallest absolute Gasteiger partial charge is 0.259 e. The first-order valence-corrected chi connectivity index (χ1v) is 11.6. The van der Waals surface area contributed by atoms with Gasteiger partial charge >= 0.3 is 0 Å². The Labute approximate surface area is 204 Å². The van der Waals surface area contributed by atoms with E-state index in [0.717, 1.165) is 41.9 Å². The first kappa shape index (κ1) is 23.2. The molecule has 3 aliphatic rings. The van der Waals surface area contributed by atoms with E-state index in [-0.39, 0.29) is 11.7 Å². The molecule has 0 N–H and O–H groups in total. The Morgan fingerprint density at radius 1 is 0.971 bits per heavy atom. The largest absolute Gasteiger partial charge is 0.493 e. The number of benzene rings is 2. The number of guanidine groups is 1. The monoisotopic (exact) mass is 480 g/mol. The van der Waals surface area contributed by atoms with Crippen molar-refractivity contribution in [1.82, 2.24) is 14.7 Å². The van der Waals surface area contributed by atoms with Crippen molar-refractivity contribution < 1.29 is 23.4 Å². The minimum atomic E-state index is -0.248. The van der Waals surface area contributed by atoms with Gasteiger partial charge in [-0.25, -0.2) is 4.39 Å². The lowest BCUT2D eigenvalue weighted by molar-refractivity contribution is -0.125. The topological polar surface area (TPSA) is 66.8 Å². The van der Waals surface area contributed by atoms with E-state index in [1.165, 1.54) is 6.07 Å². The Kier molecular flexibility index (Phi) is 6.34. The molecule has 0 saturated heterocycles. The molecule has 0 bridgehead atoms. The highest BCUT2D eigenvalue weighted by Crippen LogP contribution is 2.39. The summed E-state index contributed by atoms with van der Waals surface area (Å²) in [6.07, 6.45) is 0.757. The first-order valence-electron chi connectivity index (χ1n) is 11.6. The van der Waals surface area contributed by atoms with E-state index in [1.807, 2.05) is 18.2 Å². The highest BCUT2D eigenvalue weighted by atomic mass is 19.1. The number of fused-ring (bicyclic) bond motifs is 2.